The van der Waals surface area contributed by atoms with Gasteiger partial charge in [-0.2, -0.15) is 0 Å². The quantitative estimate of drug-likeness (QED) is 0.627. The van der Waals surface area contributed by atoms with Gasteiger partial charge in [0.1, 0.15) is 0 Å². The average Bonchev–Trinajstić information content (AvgIpc) is 2.87. The molecule has 0 aromatic carbocycles. The molecule has 0 unspecified atom stereocenters. The zero-order valence-corrected chi connectivity index (χ0v) is 13.7. The van der Waals surface area contributed by atoms with Crippen LogP contribution in [0.2, 0.25) is 0 Å². The lowest BCUT2D eigenvalue weighted by Gasteiger charge is -2.40. The number of amides is 1. The monoisotopic (exact) mass is 297 g/mol. The number of ether oxygens (including phenoxy) is 1. The molecule has 0 spiro atoms. The maximum absolute atomic E-state index is 11.6. The molecule has 0 aromatic rings. The smallest absolute Gasteiger partial charge is 0.222 e. The van der Waals surface area contributed by atoms with Gasteiger partial charge in [-0.15, -0.1) is 0 Å². The third kappa shape index (κ3) is 5.24. The van der Waals surface area contributed by atoms with Crippen molar-refractivity contribution in [3.05, 3.63) is 0 Å². The molecule has 0 bridgehead atoms. The Labute approximate surface area is 129 Å². The van der Waals surface area contributed by atoms with Crippen LogP contribution in [0.15, 0.2) is 0 Å². The van der Waals surface area contributed by atoms with E-state index >= 15 is 0 Å². The van der Waals surface area contributed by atoms with E-state index in [9.17, 15) is 4.79 Å². The molecule has 2 saturated heterocycles. The number of nitrogens with zero attached hydrogens (tertiary/aromatic N) is 3. The van der Waals surface area contributed by atoms with E-state index in [2.05, 4.69) is 16.7 Å². The van der Waals surface area contributed by atoms with Crippen LogP contribution in [-0.4, -0.2) is 85.7 Å². The zero-order chi connectivity index (χ0) is 15.1. The maximum Gasteiger partial charge on any atom is 0.222 e. The summed E-state index contributed by atoms with van der Waals surface area (Å²) >= 11 is 0. The second kappa shape index (κ2) is 8.71. The molecule has 2 heterocycles. The zero-order valence-electron chi connectivity index (χ0n) is 13.7. The van der Waals surface area contributed by atoms with Gasteiger partial charge in [-0.3, -0.25) is 9.69 Å². The number of hydrogen-bond donors (Lipinski definition) is 0. The molecule has 0 aromatic heterocycles. The van der Waals surface area contributed by atoms with Crippen LogP contribution in [-0.2, 0) is 9.53 Å². The van der Waals surface area contributed by atoms with Gasteiger partial charge in [0.2, 0.25) is 5.91 Å². The Kier molecular flexibility index (Phi) is 6.93. The summed E-state index contributed by atoms with van der Waals surface area (Å²) < 4.78 is 5.45. The number of likely N-dealkylation sites (tertiary alicyclic amines) is 1. The van der Waals surface area contributed by atoms with Gasteiger partial charge in [0, 0.05) is 58.3 Å². The molecule has 21 heavy (non-hydrogen) atoms. The Morgan fingerprint density at radius 1 is 1.19 bits per heavy atom. The fourth-order valence-electron chi connectivity index (χ4n) is 3.36. The van der Waals surface area contributed by atoms with Crippen LogP contribution < -0.4 is 0 Å². The van der Waals surface area contributed by atoms with Crippen molar-refractivity contribution in [2.75, 3.05) is 59.0 Å². The predicted octanol–water partition coefficient (Wildman–Crippen LogP) is 1.04. The van der Waals surface area contributed by atoms with Gasteiger partial charge in [0.15, 0.2) is 0 Å². The summed E-state index contributed by atoms with van der Waals surface area (Å²) in [6, 6.07) is 0.604. The Balaban J connectivity index is 1.60. The van der Waals surface area contributed by atoms with Crippen molar-refractivity contribution in [1.82, 2.24) is 14.7 Å². The topological polar surface area (TPSA) is 36.0 Å². The van der Waals surface area contributed by atoms with Gasteiger partial charge in [-0.25, -0.2) is 0 Å². The number of rotatable bonds is 8. The van der Waals surface area contributed by atoms with E-state index in [4.69, 9.17) is 4.74 Å². The lowest BCUT2D eigenvalue weighted by molar-refractivity contribution is -0.127. The van der Waals surface area contributed by atoms with Crippen LogP contribution >= 0.6 is 0 Å². The summed E-state index contributed by atoms with van der Waals surface area (Å²) in [5, 5.41) is 0. The van der Waals surface area contributed by atoms with Crippen molar-refractivity contribution in [2.24, 2.45) is 0 Å². The van der Waals surface area contributed by atoms with Gasteiger partial charge >= 0.3 is 0 Å². The van der Waals surface area contributed by atoms with E-state index in [-0.39, 0.29) is 0 Å². The van der Waals surface area contributed by atoms with Crippen molar-refractivity contribution < 1.29 is 9.53 Å². The first-order chi connectivity index (χ1) is 10.2. The fourth-order valence-corrected chi connectivity index (χ4v) is 3.36. The Morgan fingerprint density at radius 3 is 2.71 bits per heavy atom. The summed E-state index contributed by atoms with van der Waals surface area (Å²) in [5.41, 5.74) is 0. The molecule has 5 heteroatoms. The molecular weight excluding hydrogens is 266 g/mol. The van der Waals surface area contributed by atoms with Gasteiger partial charge in [-0.1, -0.05) is 0 Å². The molecule has 122 valence electrons. The number of carbonyl (C=O) groups is 1. The van der Waals surface area contributed by atoms with Gasteiger partial charge in [0.25, 0.3) is 0 Å². The first-order valence-corrected chi connectivity index (χ1v) is 8.52. The SMILES string of the molecule is CCOCCN1CCN(CCCN2CCCC2=O)C[C@H]1C. The predicted molar refractivity (Wildman–Crippen MR) is 84.4 cm³/mol. The van der Waals surface area contributed by atoms with E-state index < -0.39 is 0 Å². The van der Waals surface area contributed by atoms with Crippen LogP contribution in [0.5, 0.6) is 0 Å². The lowest BCUT2D eigenvalue weighted by Crippen LogP contribution is -2.52. The first kappa shape index (κ1) is 16.7. The van der Waals surface area contributed by atoms with Crippen LogP contribution in [0, 0.1) is 0 Å². The van der Waals surface area contributed by atoms with E-state index in [0.717, 1.165) is 78.3 Å². The van der Waals surface area contributed by atoms with E-state index in [1.165, 1.54) is 0 Å². The lowest BCUT2D eigenvalue weighted by atomic mass is 10.2. The highest BCUT2D eigenvalue weighted by molar-refractivity contribution is 5.77. The van der Waals surface area contributed by atoms with Crippen molar-refractivity contribution in [2.45, 2.75) is 39.2 Å². The summed E-state index contributed by atoms with van der Waals surface area (Å²) in [5.74, 6) is 0.351. The number of piperazine rings is 1. The van der Waals surface area contributed by atoms with Crippen LogP contribution in [0.1, 0.15) is 33.1 Å². The highest BCUT2D eigenvalue weighted by atomic mass is 16.5. The largest absolute Gasteiger partial charge is 0.380 e. The molecule has 2 aliphatic rings. The second-order valence-corrected chi connectivity index (χ2v) is 6.22. The minimum Gasteiger partial charge on any atom is -0.380 e. The fraction of sp³-hybridized carbons (Fsp3) is 0.938. The second-order valence-electron chi connectivity index (χ2n) is 6.22. The number of hydrogen-bond acceptors (Lipinski definition) is 4. The molecule has 1 atom stereocenters. The van der Waals surface area contributed by atoms with E-state index in [1.54, 1.807) is 0 Å². The van der Waals surface area contributed by atoms with Crippen LogP contribution in [0.25, 0.3) is 0 Å². The molecule has 0 saturated carbocycles. The maximum atomic E-state index is 11.6. The van der Waals surface area contributed by atoms with Gasteiger partial charge in [0.05, 0.1) is 6.61 Å². The third-order valence-electron chi connectivity index (χ3n) is 4.65. The molecule has 2 rings (SSSR count). The van der Waals surface area contributed by atoms with Gasteiger partial charge in [-0.05, 0) is 33.2 Å². The summed E-state index contributed by atoms with van der Waals surface area (Å²) in [6.45, 7) is 13.5. The van der Waals surface area contributed by atoms with E-state index in [1.807, 2.05) is 11.8 Å². The van der Waals surface area contributed by atoms with Crippen molar-refractivity contribution in [3.63, 3.8) is 0 Å². The van der Waals surface area contributed by atoms with Crippen molar-refractivity contribution >= 4 is 5.91 Å². The Bertz CT molecular complexity index is 325. The molecule has 5 nitrogen and oxygen atoms in total. The van der Waals surface area contributed by atoms with Crippen LogP contribution in [0.4, 0.5) is 0 Å². The van der Waals surface area contributed by atoms with Crippen LogP contribution in [0.3, 0.4) is 0 Å². The van der Waals surface area contributed by atoms with E-state index in [0.29, 0.717) is 11.9 Å². The Hall–Kier alpha value is -0.650. The molecule has 2 aliphatic heterocycles. The van der Waals surface area contributed by atoms with Crippen molar-refractivity contribution in [3.8, 4) is 0 Å². The molecular formula is C16H31N3O2. The standard InChI is InChI=1S/C16H31N3O2/c1-3-21-13-12-18-11-10-17(14-15(18)2)7-5-9-19-8-4-6-16(19)20/h15H,3-14H2,1-2H3/t15-/m1/s1. The Morgan fingerprint density at radius 2 is 2.05 bits per heavy atom. The third-order valence-corrected chi connectivity index (χ3v) is 4.65. The minimum absolute atomic E-state index is 0.351. The molecule has 1 amide bonds. The molecule has 0 N–H and O–H groups in total. The highest BCUT2D eigenvalue weighted by Crippen LogP contribution is 2.12. The summed E-state index contributed by atoms with van der Waals surface area (Å²) in [6.07, 6.45) is 2.92. The first-order valence-electron chi connectivity index (χ1n) is 8.52. The normalized spacial score (nSPS) is 25.0. The highest BCUT2D eigenvalue weighted by Gasteiger charge is 2.24. The van der Waals surface area contributed by atoms with Crippen molar-refractivity contribution in [1.29, 1.82) is 0 Å². The van der Waals surface area contributed by atoms with Gasteiger partial charge < -0.3 is 14.5 Å². The summed E-state index contributed by atoms with van der Waals surface area (Å²) in [4.78, 5) is 18.7. The average molecular weight is 297 g/mol. The number of carbonyl (C=O) groups excluding carboxylic acids is 1. The molecule has 0 aliphatic carbocycles. The minimum atomic E-state index is 0.351. The molecule has 0 radical (unpaired) electrons. The summed E-state index contributed by atoms with van der Waals surface area (Å²) in [7, 11) is 0. The molecule has 2 fully saturated rings.